The number of nitrogens with two attached hydrogens (primary N) is 2. The van der Waals surface area contributed by atoms with Crippen molar-refractivity contribution >= 4 is 98.0 Å². The van der Waals surface area contributed by atoms with E-state index in [0.717, 1.165) is 12.1 Å². The molecule has 0 aliphatic heterocycles. The van der Waals surface area contributed by atoms with Gasteiger partial charge in [0.1, 0.15) is 37.5 Å². The summed E-state index contributed by atoms with van der Waals surface area (Å²) in [7, 11) is -15.3. The summed E-state index contributed by atoms with van der Waals surface area (Å²) in [5.41, 5.74) is 10.9. The molecule has 292 valence electrons. The molecule has 0 radical (unpaired) electrons. The number of fused-ring (bicyclic) bond motifs is 1. The predicted molar refractivity (Wildman–Crippen MR) is 207 cm³/mol. The standard InChI is InChI=1S/C34H27N9O11S3/c35-24-17-23(44)11-13-25(24)41-38-21-8-6-19(7-9-21)37-26-12-10-22(16-27(26)55(46,47)48)40-42-32-28(56(49,50)51)14-18-15-29(57(52,53)54)33(34(45)30(18)31(32)36)43-39-20-4-2-1-3-5-20/h1-17,37,44-45H,35-36H2,(H,46,47,48)(H,49,50,51)(H,52,53,54). The maximum absolute atomic E-state index is 12.5. The van der Waals surface area contributed by atoms with Gasteiger partial charge in [0.25, 0.3) is 30.4 Å². The summed E-state index contributed by atoms with van der Waals surface area (Å²) in [6, 6.07) is 22.9. The maximum atomic E-state index is 12.5. The molecule has 0 saturated carbocycles. The Hall–Kier alpha value is -6.89. The molecule has 10 N–H and O–H groups in total. The van der Waals surface area contributed by atoms with E-state index in [1.54, 1.807) is 18.2 Å². The first-order valence-electron chi connectivity index (χ1n) is 15.7. The van der Waals surface area contributed by atoms with Gasteiger partial charge < -0.3 is 27.0 Å². The monoisotopic (exact) mass is 833 g/mol. The van der Waals surface area contributed by atoms with Crippen LogP contribution in [0.1, 0.15) is 0 Å². The third-order valence-corrected chi connectivity index (χ3v) is 10.5. The van der Waals surface area contributed by atoms with E-state index in [2.05, 4.69) is 36.0 Å². The van der Waals surface area contributed by atoms with Crippen molar-refractivity contribution in [1.82, 2.24) is 0 Å². The first kappa shape index (κ1) is 39.8. The lowest BCUT2D eigenvalue weighted by Crippen LogP contribution is -2.04. The van der Waals surface area contributed by atoms with Crippen LogP contribution in [0.2, 0.25) is 0 Å². The Morgan fingerprint density at radius 2 is 1.07 bits per heavy atom. The number of benzene rings is 6. The number of nitrogens with one attached hydrogen (secondary N) is 1. The van der Waals surface area contributed by atoms with Gasteiger partial charge in [-0.2, -0.15) is 40.6 Å². The summed E-state index contributed by atoms with van der Waals surface area (Å²) < 4.78 is 105. The second kappa shape index (κ2) is 15.3. The molecule has 0 fully saturated rings. The molecule has 57 heavy (non-hydrogen) atoms. The zero-order valence-corrected chi connectivity index (χ0v) is 31.0. The number of hydrogen-bond donors (Lipinski definition) is 8. The summed E-state index contributed by atoms with van der Waals surface area (Å²) in [6.45, 7) is 0. The third-order valence-electron chi connectivity index (χ3n) is 7.83. The Balaban J connectivity index is 1.37. The molecule has 0 saturated heterocycles. The van der Waals surface area contributed by atoms with Gasteiger partial charge in [0.15, 0.2) is 5.75 Å². The van der Waals surface area contributed by atoms with Gasteiger partial charge in [-0.15, -0.1) is 15.3 Å². The predicted octanol–water partition coefficient (Wildman–Crippen LogP) is 8.15. The van der Waals surface area contributed by atoms with E-state index in [0.29, 0.717) is 23.1 Å². The summed E-state index contributed by atoms with van der Waals surface area (Å²) in [4.78, 5) is -2.68. The van der Waals surface area contributed by atoms with E-state index >= 15 is 0 Å². The topological polar surface area (TPSA) is 342 Å². The van der Waals surface area contributed by atoms with Crippen molar-refractivity contribution in [3.63, 3.8) is 0 Å². The number of nitrogens with zero attached hydrogens (tertiary/aromatic N) is 6. The number of anilines is 4. The average molecular weight is 834 g/mol. The smallest absolute Gasteiger partial charge is 0.296 e. The quantitative estimate of drug-likeness (QED) is 0.0347. The highest BCUT2D eigenvalue weighted by molar-refractivity contribution is 7.86. The number of aromatic hydroxyl groups is 2. The molecule has 0 unspecified atom stereocenters. The van der Waals surface area contributed by atoms with Crippen molar-refractivity contribution in [2.45, 2.75) is 14.7 Å². The van der Waals surface area contributed by atoms with Crippen molar-refractivity contribution in [2.75, 3.05) is 16.8 Å². The molecule has 6 aromatic rings. The Morgan fingerprint density at radius 3 is 1.68 bits per heavy atom. The Kier molecular flexibility index (Phi) is 10.7. The number of hydrogen-bond acceptors (Lipinski definition) is 17. The lowest BCUT2D eigenvalue weighted by atomic mass is 10.1. The first-order valence-corrected chi connectivity index (χ1v) is 20.1. The third kappa shape index (κ3) is 8.99. The molecule has 23 heteroatoms. The summed E-state index contributed by atoms with van der Waals surface area (Å²) >= 11 is 0. The molecule has 0 aliphatic carbocycles. The summed E-state index contributed by atoms with van der Waals surface area (Å²) in [5.74, 6) is -1.01. The summed E-state index contributed by atoms with van der Waals surface area (Å²) in [5, 5.41) is 46.2. The zero-order valence-electron chi connectivity index (χ0n) is 28.6. The SMILES string of the molecule is Nc1cc(O)ccc1N=Nc1ccc(Nc2ccc(N=Nc3c(S(=O)(=O)O)cc4cc(S(=O)(=O)O)c(N=Nc5ccccc5)c(O)c4c3N)cc2S(=O)(=O)O)cc1. The van der Waals surface area contributed by atoms with E-state index in [1.165, 1.54) is 66.7 Å². The van der Waals surface area contributed by atoms with Gasteiger partial charge in [0.2, 0.25) is 0 Å². The second-order valence-corrected chi connectivity index (χ2v) is 15.9. The van der Waals surface area contributed by atoms with E-state index in [1.807, 2.05) is 0 Å². The van der Waals surface area contributed by atoms with Gasteiger partial charge in [0, 0.05) is 11.8 Å². The Bertz CT molecular complexity index is 3000. The highest BCUT2D eigenvalue weighted by Gasteiger charge is 2.28. The van der Waals surface area contributed by atoms with Crippen molar-refractivity contribution in [3.05, 3.63) is 103 Å². The number of azo groups is 3. The fraction of sp³-hybridized carbons (Fsp3) is 0. The average Bonchev–Trinajstić information content (AvgIpc) is 3.13. The van der Waals surface area contributed by atoms with Crippen LogP contribution in [0.4, 0.5) is 56.9 Å². The van der Waals surface area contributed by atoms with Crippen molar-refractivity contribution < 1.29 is 49.1 Å². The largest absolute Gasteiger partial charge is 0.508 e. The Morgan fingerprint density at radius 1 is 0.526 bits per heavy atom. The van der Waals surface area contributed by atoms with Crippen LogP contribution < -0.4 is 16.8 Å². The van der Waals surface area contributed by atoms with Crippen LogP contribution in [-0.4, -0.2) is 49.1 Å². The minimum absolute atomic E-state index is 0.0385. The van der Waals surface area contributed by atoms with Gasteiger partial charge in [0.05, 0.1) is 39.5 Å². The lowest BCUT2D eigenvalue weighted by molar-refractivity contribution is 0.472. The number of nitrogen functional groups attached to an aromatic ring is 2. The van der Waals surface area contributed by atoms with Gasteiger partial charge in [-0.1, -0.05) is 18.2 Å². The van der Waals surface area contributed by atoms with E-state index in [9.17, 15) is 49.1 Å². The molecule has 0 bridgehead atoms. The molecule has 6 aromatic carbocycles. The molecule has 0 spiro atoms. The number of phenolic OH excluding ortho intramolecular Hbond substituents is 2. The van der Waals surface area contributed by atoms with Crippen LogP contribution in [0.25, 0.3) is 10.8 Å². The highest BCUT2D eigenvalue weighted by Crippen LogP contribution is 2.48. The van der Waals surface area contributed by atoms with Crippen LogP contribution in [0.5, 0.6) is 11.5 Å². The maximum Gasteiger partial charge on any atom is 0.296 e. The summed E-state index contributed by atoms with van der Waals surface area (Å²) in [6.07, 6.45) is 0. The normalized spacial score (nSPS) is 12.6. The first-order chi connectivity index (χ1) is 26.8. The van der Waals surface area contributed by atoms with Crippen LogP contribution in [0.3, 0.4) is 0 Å². The molecule has 0 heterocycles. The van der Waals surface area contributed by atoms with Crippen LogP contribution in [0, 0.1) is 0 Å². The van der Waals surface area contributed by atoms with Crippen molar-refractivity contribution in [2.24, 2.45) is 30.7 Å². The molecule has 0 amide bonds. The van der Waals surface area contributed by atoms with Crippen LogP contribution in [0.15, 0.2) is 149 Å². The highest BCUT2D eigenvalue weighted by atomic mass is 32.2. The molecular weight excluding hydrogens is 807 g/mol. The minimum atomic E-state index is -5.21. The zero-order chi connectivity index (χ0) is 41.3. The van der Waals surface area contributed by atoms with Gasteiger partial charge in [-0.3, -0.25) is 13.7 Å². The van der Waals surface area contributed by atoms with Crippen molar-refractivity contribution in [1.29, 1.82) is 0 Å². The van der Waals surface area contributed by atoms with Crippen LogP contribution in [-0.2, 0) is 30.4 Å². The van der Waals surface area contributed by atoms with E-state index < -0.39 is 78.6 Å². The fourth-order valence-electron chi connectivity index (χ4n) is 5.22. The molecular formula is C34H27N9O11S3. The molecule has 6 rings (SSSR count). The van der Waals surface area contributed by atoms with E-state index in [4.69, 9.17) is 11.5 Å². The number of rotatable bonds is 11. The second-order valence-electron chi connectivity index (χ2n) is 11.8. The van der Waals surface area contributed by atoms with Gasteiger partial charge >= 0.3 is 0 Å². The van der Waals surface area contributed by atoms with Gasteiger partial charge in [-0.25, -0.2) is 0 Å². The van der Waals surface area contributed by atoms with Crippen LogP contribution >= 0.6 is 0 Å². The molecule has 0 aliphatic rings. The Labute approximate surface area is 322 Å². The number of phenols is 2. The van der Waals surface area contributed by atoms with E-state index in [-0.39, 0.29) is 28.5 Å². The lowest BCUT2D eigenvalue weighted by Gasteiger charge is -2.14. The molecule has 20 nitrogen and oxygen atoms in total. The molecule has 0 aromatic heterocycles. The molecule has 0 atom stereocenters. The van der Waals surface area contributed by atoms with Crippen molar-refractivity contribution in [3.8, 4) is 11.5 Å². The fourth-order valence-corrected chi connectivity index (χ4v) is 7.21. The van der Waals surface area contributed by atoms with Gasteiger partial charge in [-0.05, 0) is 84.2 Å². The minimum Gasteiger partial charge on any atom is -0.508 e.